The Balaban J connectivity index is 1.16. The lowest BCUT2D eigenvalue weighted by Crippen LogP contribution is -2.50. The molecule has 0 saturated carbocycles. The number of nitrogens with zero attached hydrogens (tertiary/aromatic N) is 6. The highest BCUT2D eigenvalue weighted by molar-refractivity contribution is 6.09. The van der Waals surface area contributed by atoms with E-state index in [1.165, 1.54) is 6.42 Å². The molecule has 182 valence electrons. The minimum atomic E-state index is 0.182. The van der Waals surface area contributed by atoms with Crippen molar-refractivity contribution in [1.29, 1.82) is 5.26 Å². The van der Waals surface area contributed by atoms with Gasteiger partial charge in [-0.2, -0.15) is 5.26 Å². The van der Waals surface area contributed by atoms with Crippen LogP contribution in [0.3, 0.4) is 0 Å². The molecule has 0 bridgehead atoms. The van der Waals surface area contributed by atoms with Crippen molar-refractivity contribution in [2.24, 2.45) is 5.92 Å². The number of pyridine rings is 1. The predicted octanol–water partition coefficient (Wildman–Crippen LogP) is 3.67. The zero-order chi connectivity index (χ0) is 24.0. The van der Waals surface area contributed by atoms with E-state index in [1.807, 2.05) is 42.7 Å². The molecule has 2 aliphatic heterocycles. The predicted molar refractivity (Wildman–Crippen MR) is 139 cm³/mol. The van der Waals surface area contributed by atoms with Crippen LogP contribution in [0.1, 0.15) is 29.6 Å². The summed E-state index contributed by atoms with van der Waals surface area (Å²) in [5.74, 6) is 1.86. The number of fused-ring (bicyclic) bond motifs is 1. The first kappa shape index (κ1) is 23.5. The Hall–Kier alpha value is -3.21. The Morgan fingerprint density at radius 2 is 1.86 bits per heavy atom. The van der Waals surface area contributed by atoms with Gasteiger partial charge in [-0.15, -0.1) is 0 Å². The third-order valence-corrected chi connectivity index (χ3v) is 7.39. The molecule has 0 aliphatic carbocycles. The minimum Gasteiger partial charge on any atom is -0.354 e. The van der Waals surface area contributed by atoms with Crippen molar-refractivity contribution >= 4 is 22.5 Å². The van der Waals surface area contributed by atoms with Gasteiger partial charge in [0.05, 0.1) is 19.0 Å². The zero-order valence-electron chi connectivity index (χ0n) is 20.4. The highest BCUT2D eigenvalue weighted by Gasteiger charge is 2.26. The minimum absolute atomic E-state index is 0.182. The Kier molecular flexibility index (Phi) is 7.41. The van der Waals surface area contributed by atoms with E-state index in [2.05, 4.69) is 42.5 Å². The van der Waals surface area contributed by atoms with Crippen LogP contribution in [0.25, 0.3) is 10.9 Å². The first-order valence-electron chi connectivity index (χ1n) is 12.8. The summed E-state index contributed by atoms with van der Waals surface area (Å²) in [5.41, 5.74) is 1.82. The molecule has 1 aromatic carbocycles. The Bertz CT molecular complexity index is 1180. The second kappa shape index (κ2) is 11.0. The number of piperazine rings is 1. The van der Waals surface area contributed by atoms with Crippen LogP contribution in [0.15, 0.2) is 54.9 Å². The molecule has 2 saturated heterocycles. The first-order valence-corrected chi connectivity index (χ1v) is 12.8. The summed E-state index contributed by atoms with van der Waals surface area (Å²) in [6, 6.07) is 16.4. The monoisotopic (exact) mass is 470 g/mol. The average Bonchev–Trinajstić information content (AvgIpc) is 3.27. The second-order valence-corrected chi connectivity index (χ2v) is 9.80. The fourth-order valence-electron chi connectivity index (χ4n) is 5.62. The average molecular weight is 471 g/mol. The van der Waals surface area contributed by atoms with E-state index in [0.717, 1.165) is 74.5 Å². The van der Waals surface area contributed by atoms with Gasteiger partial charge in [0.25, 0.3) is 0 Å². The number of carbonyl (C=O) groups excluding carboxylic acids is 1. The fraction of sp³-hybridized carbons (Fsp3) is 0.464. The maximum Gasteiger partial charge on any atom is 0.178 e. The molecular formula is C28H34N6O. The molecule has 0 N–H and O–H groups in total. The summed E-state index contributed by atoms with van der Waals surface area (Å²) in [6.07, 6.45) is 6.64. The number of Topliss-reactive ketones (excluding diaryl/α,β-unsaturated/α-hetero) is 1. The number of aromatic nitrogens is 2. The Labute approximate surface area is 207 Å². The number of hydrogen-bond acceptors (Lipinski definition) is 6. The van der Waals surface area contributed by atoms with Crippen molar-refractivity contribution in [3.63, 3.8) is 0 Å². The summed E-state index contributed by atoms with van der Waals surface area (Å²) >= 11 is 0. The van der Waals surface area contributed by atoms with Crippen LogP contribution in [0.4, 0.5) is 5.82 Å². The molecule has 2 aliphatic rings. The SMILES string of the molecule is N#CCCn1cc(C(=O)CN2CCCC(CN3CCN(c4ccccn4)CC3)C2)c2ccccc21. The van der Waals surface area contributed by atoms with Gasteiger partial charge in [0, 0.05) is 74.7 Å². The van der Waals surface area contributed by atoms with Crippen LogP contribution >= 0.6 is 0 Å². The van der Waals surface area contributed by atoms with E-state index < -0.39 is 0 Å². The largest absolute Gasteiger partial charge is 0.354 e. The van der Waals surface area contributed by atoms with Gasteiger partial charge >= 0.3 is 0 Å². The number of benzene rings is 1. The molecule has 7 nitrogen and oxygen atoms in total. The molecule has 7 heteroatoms. The van der Waals surface area contributed by atoms with Crippen LogP contribution in [-0.4, -0.2) is 77.5 Å². The summed E-state index contributed by atoms with van der Waals surface area (Å²) in [4.78, 5) is 25.1. The quantitative estimate of drug-likeness (QED) is 0.468. The van der Waals surface area contributed by atoms with E-state index in [-0.39, 0.29) is 5.78 Å². The third-order valence-electron chi connectivity index (χ3n) is 7.39. The van der Waals surface area contributed by atoms with Crippen molar-refractivity contribution in [2.45, 2.75) is 25.8 Å². The molecule has 2 fully saturated rings. The van der Waals surface area contributed by atoms with Gasteiger partial charge in [-0.05, 0) is 43.5 Å². The number of hydrogen-bond donors (Lipinski definition) is 0. The van der Waals surface area contributed by atoms with Crippen LogP contribution in [0.5, 0.6) is 0 Å². The fourth-order valence-corrected chi connectivity index (χ4v) is 5.62. The zero-order valence-corrected chi connectivity index (χ0v) is 20.4. The molecule has 4 heterocycles. The molecule has 1 atom stereocenters. The number of para-hydroxylation sites is 1. The normalized spacial score (nSPS) is 19.6. The summed E-state index contributed by atoms with van der Waals surface area (Å²) in [6.45, 7) is 8.32. The highest BCUT2D eigenvalue weighted by Crippen LogP contribution is 2.24. The Morgan fingerprint density at radius 1 is 1.03 bits per heavy atom. The van der Waals surface area contributed by atoms with Gasteiger partial charge in [-0.1, -0.05) is 24.3 Å². The molecule has 0 radical (unpaired) electrons. The van der Waals surface area contributed by atoms with E-state index in [0.29, 0.717) is 25.4 Å². The summed E-state index contributed by atoms with van der Waals surface area (Å²) in [5, 5.41) is 9.99. The third kappa shape index (κ3) is 5.55. The number of aryl methyl sites for hydroxylation is 1. The van der Waals surface area contributed by atoms with E-state index in [9.17, 15) is 4.79 Å². The van der Waals surface area contributed by atoms with Crippen LogP contribution in [0, 0.1) is 17.2 Å². The van der Waals surface area contributed by atoms with Gasteiger partial charge in [0.2, 0.25) is 0 Å². The smallest absolute Gasteiger partial charge is 0.178 e. The van der Waals surface area contributed by atoms with Crippen LogP contribution in [0.2, 0.25) is 0 Å². The number of carbonyl (C=O) groups is 1. The van der Waals surface area contributed by atoms with Crippen molar-refractivity contribution in [1.82, 2.24) is 19.4 Å². The Morgan fingerprint density at radius 3 is 2.66 bits per heavy atom. The standard InChI is InChI=1S/C28H34N6O/c29-11-6-14-34-21-25(24-8-1-2-9-26(24)34)27(35)22-32-13-5-7-23(20-32)19-31-15-17-33(18-16-31)28-10-3-4-12-30-28/h1-4,8-10,12,21,23H,5-7,13-20,22H2. The van der Waals surface area contributed by atoms with Crippen molar-refractivity contribution in [3.8, 4) is 6.07 Å². The van der Waals surface area contributed by atoms with Crippen LogP contribution < -0.4 is 4.90 Å². The van der Waals surface area contributed by atoms with E-state index >= 15 is 0 Å². The molecule has 0 spiro atoms. The van der Waals surface area contributed by atoms with Crippen molar-refractivity contribution in [2.75, 3.05) is 57.3 Å². The number of likely N-dealkylation sites (tertiary alicyclic amines) is 1. The summed E-state index contributed by atoms with van der Waals surface area (Å²) < 4.78 is 2.05. The van der Waals surface area contributed by atoms with E-state index in [1.54, 1.807) is 0 Å². The molecule has 2 aromatic heterocycles. The lowest BCUT2D eigenvalue weighted by molar-refractivity contribution is 0.0854. The number of rotatable bonds is 8. The van der Waals surface area contributed by atoms with Gasteiger partial charge in [0.15, 0.2) is 5.78 Å². The number of ketones is 1. The molecule has 3 aromatic rings. The maximum absolute atomic E-state index is 13.3. The molecule has 1 unspecified atom stereocenters. The van der Waals surface area contributed by atoms with Gasteiger partial charge < -0.3 is 9.47 Å². The molecule has 5 rings (SSSR count). The highest BCUT2D eigenvalue weighted by atomic mass is 16.1. The first-order chi connectivity index (χ1) is 17.2. The van der Waals surface area contributed by atoms with Gasteiger partial charge in [0.1, 0.15) is 5.82 Å². The van der Waals surface area contributed by atoms with Crippen molar-refractivity contribution in [3.05, 3.63) is 60.4 Å². The maximum atomic E-state index is 13.3. The lowest BCUT2D eigenvalue weighted by atomic mass is 9.96. The lowest BCUT2D eigenvalue weighted by Gasteiger charge is -2.39. The number of nitriles is 1. The van der Waals surface area contributed by atoms with Crippen molar-refractivity contribution < 1.29 is 4.79 Å². The summed E-state index contributed by atoms with van der Waals surface area (Å²) in [7, 11) is 0. The van der Waals surface area contributed by atoms with Crippen LogP contribution in [-0.2, 0) is 6.54 Å². The molecular weight excluding hydrogens is 436 g/mol. The topological polar surface area (TPSA) is 68.4 Å². The second-order valence-electron chi connectivity index (χ2n) is 9.80. The molecule has 0 amide bonds. The van der Waals surface area contributed by atoms with Gasteiger partial charge in [-0.25, -0.2) is 4.98 Å². The molecule has 35 heavy (non-hydrogen) atoms. The van der Waals surface area contributed by atoms with Gasteiger partial charge in [-0.3, -0.25) is 14.6 Å². The number of anilines is 1. The van der Waals surface area contributed by atoms with E-state index in [4.69, 9.17) is 5.26 Å². The number of piperidine rings is 1.